The van der Waals surface area contributed by atoms with Crippen LogP contribution in [0.1, 0.15) is 50.2 Å². The molecular weight excluding hydrogens is 573 g/mol. The standard InChI is InChI=1S/C26H26BrCl2NO4S/c1-2-33-22-12-18(10-19(27)24(22)34-15-17-8-9-20(28)21(29)11-17)13-23-25(31)30(26(32)35-23)14-16-6-4-3-5-7-16/h8-13,16H,2-7,14-15H2,1H3/b23-13+. The van der Waals surface area contributed by atoms with E-state index in [-0.39, 0.29) is 17.8 Å². The molecule has 2 aliphatic rings. The maximum atomic E-state index is 13.0. The lowest BCUT2D eigenvalue weighted by Crippen LogP contribution is -2.34. The zero-order chi connectivity index (χ0) is 24.9. The maximum Gasteiger partial charge on any atom is 0.293 e. The number of hydrogen-bond donors (Lipinski definition) is 0. The van der Waals surface area contributed by atoms with Crippen LogP contribution < -0.4 is 9.47 Å². The molecule has 1 heterocycles. The first-order valence-corrected chi connectivity index (χ1v) is 14.0. The molecule has 5 nitrogen and oxygen atoms in total. The Balaban J connectivity index is 1.52. The van der Waals surface area contributed by atoms with Crippen LogP contribution in [0, 0.1) is 5.92 Å². The van der Waals surface area contributed by atoms with Crippen LogP contribution in [0.4, 0.5) is 4.79 Å². The van der Waals surface area contributed by atoms with Gasteiger partial charge in [0.25, 0.3) is 11.1 Å². The van der Waals surface area contributed by atoms with Crippen LogP contribution in [0.15, 0.2) is 39.7 Å². The van der Waals surface area contributed by atoms with E-state index in [0.29, 0.717) is 50.0 Å². The van der Waals surface area contributed by atoms with E-state index in [0.717, 1.165) is 35.7 Å². The second kappa shape index (κ2) is 12.0. The van der Waals surface area contributed by atoms with Crippen molar-refractivity contribution in [3.63, 3.8) is 0 Å². The Morgan fingerprint density at radius 1 is 1.09 bits per heavy atom. The average molecular weight is 599 g/mol. The van der Waals surface area contributed by atoms with Gasteiger partial charge in [-0.05, 0) is 94.8 Å². The molecule has 0 spiro atoms. The first kappa shape index (κ1) is 26.4. The van der Waals surface area contributed by atoms with E-state index in [2.05, 4.69) is 15.9 Å². The van der Waals surface area contributed by atoms with Crippen molar-refractivity contribution < 1.29 is 19.1 Å². The smallest absolute Gasteiger partial charge is 0.293 e. The van der Waals surface area contributed by atoms with Crippen molar-refractivity contribution in [1.29, 1.82) is 0 Å². The van der Waals surface area contributed by atoms with Crippen molar-refractivity contribution in [1.82, 2.24) is 4.90 Å². The number of carbonyl (C=O) groups is 2. The summed E-state index contributed by atoms with van der Waals surface area (Å²) in [5, 5.41) is 0.751. The summed E-state index contributed by atoms with van der Waals surface area (Å²) in [5.74, 6) is 1.26. The van der Waals surface area contributed by atoms with Crippen molar-refractivity contribution in [3.8, 4) is 11.5 Å². The van der Waals surface area contributed by atoms with Gasteiger partial charge < -0.3 is 9.47 Å². The third-order valence-corrected chi connectivity index (χ3v) is 8.27. The number of benzene rings is 2. The van der Waals surface area contributed by atoms with E-state index in [1.54, 1.807) is 18.2 Å². The van der Waals surface area contributed by atoms with E-state index in [1.807, 2.05) is 25.1 Å². The summed E-state index contributed by atoms with van der Waals surface area (Å²) in [6, 6.07) is 9.00. The molecule has 2 amide bonds. The number of carbonyl (C=O) groups excluding carboxylic acids is 2. The monoisotopic (exact) mass is 597 g/mol. The molecular formula is C26H26BrCl2NO4S. The minimum atomic E-state index is -0.223. The van der Waals surface area contributed by atoms with Crippen molar-refractivity contribution in [2.45, 2.75) is 45.6 Å². The van der Waals surface area contributed by atoms with Crippen molar-refractivity contribution >= 4 is 68.1 Å². The van der Waals surface area contributed by atoms with Crippen LogP contribution >= 0.6 is 50.9 Å². The topological polar surface area (TPSA) is 55.8 Å². The summed E-state index contributed by atoms with van der Waals surface area (Å²) in [6.07, 6.45) is 7.48. The predicted molar refractivity (Wildman–Crippen MR) is 145 cm³/mol. The fourth-order valence-electron chi connectivity index (χ4n) is 4.30. The van der Waals surface area contributed by atoms with E-state index in [9.17, 15) is 9.59 Å². The van der Waals surface area contributed by atoms with Gasteiger partial charge in [-0.15, -0.1) is 0 Å². The molecule has 1 aliphatic carbocycles. The van der Waals surface area contributed by atoms with Crippen molar-refractivity contribution in [2.75, 3.05) is 13.2 Å². The number of nitrogens with zero attached hydrogens (tertiary/aromatic N) is 1. The van der Waals surface area contributed by atoms with Gasteiger partial charge in [-0.3, -0.25) is 14.5 Å². The fraction of sp³-hybridized carbons (Fsp3) is 0.385. The highest BCUT2D eigenvalue weighted by molar-refractivity contribution is 9.10. The van der Waals surface area contributed by atoms with Gasteiger partial charge in [0, 0.05) is 6.54 Å². The number of rotatable bonds is 8. The summed E-state index contributed by atoms with van der Waals surface area (Å²) < 4.78 is 12.5. The van der Waals surface area contributed by atoms with E-state index in [4.69, 9.17) is 32.7 Å². The Morgan fingerprint density at radius 2 is 1.86 bits per heavy atom. The number of ether oxygens (including phenoxy) is 2. The highest BCUT2D eigenvalue weighted by atomic mass is 79.9. The van der Waals surface area contributed by atoms with Gasteiger partial charge in [0.05, 0.1) is 26.0 Å². The lowest BCUT2D eigenvalue weighted by Gasteiger charge is -2.25. The second-order valence-corrected chi connectivity index (χ2v) is 11.3. The lowest BCUT2D eigenvalue weighted by atomic mass is 9.89. The van der Waals surface area contributed by atoms with Crippen LogP contribution in [0.25, 0.3) is 6.08 Å². The normalized spacial score (nSPS) is 17.9. The Morgan fingerprint density at radius 3 is 2.57 bits per heavy atom. The number of imide groups is 1. The molecule has 1 saturated heterocycles. The minimum absolute atomic E-state index is 0.197. The molecule has 0 radical (unpaired) electrons. The fourth-order valence-corrected chi connectivity index (χ4v) is 6.04. The van der Waals surface area contributed by atoms with Gasteiger partial charge in [-0.2, -0.15) is 0 Å². The Labute approximate surface area is 228 Å². The molecule has 0 bridgehead atoms. The van der Waals surface area contributed by atoms with Gasteiger partial charge >= 0.3 is 0 Å². The first-order chi connectivity index (χ1) is 16.9. The number of amides is 2. The van der Waals surface area contributed by atoms with Gasteiger partial charge in [0.15, 0.2) is 11.5 Å². The molecule has 2 aromatic rings. The molecule has 0 N–H and O–H groups in total. The Hall–Kier alpha value is -1.67. The molecule has 35 heavy (non-hydrogen) atoms. The predicted octanol–water partition coefficient (Wildman–Crippen LogP) is 8.35. The zero-order valence-corrected chi connectivity index (χ0v) is 23.2. The van der Waals surface area contributed by atoms with Crippen molar-refractivity contribution in [3.05, 3.63) is 60.9 Å². The highest BCUT2D eigenvalue weighted by Gasteiger charge is 2.36. The van der Waals surface area contributed by atoms with Gasteiger partial charge in [0.1, 0.15) is 6.61 Å². The SMILES string of the molecule is CCOc1cc(/C=C2/SC(=O)N(CC3CCCCC3)C2=O)cc(Br)c1OCc1ccc(Cl)c(Cl)c1. The molecule has 0 unspecified atom stereocenters. The first-order valence-electron chi connectivity index (χ1n) is 11.6. The molecule has 4 rings (SSSR count). The Kier molecular flexibility index (Phi) is 9.08. The maximum absolute atomic E-state index is 13.0. The van der Waals surface area contributed by atoms with Crippen LogP contribution in [0.3, 0.4) is 0 Å². The third-order valence-electron chi connectivity index (χ3n) is 6.04. The molecule has 2 fully saturated rings. The van der Waals surface area contributed by atoms with E-state index < -0.39 is 0 Å². The summed E-state index contributed by atoms with van der Waals surface area (Å²) in [4.78, 5) is 27.4. The average Bonchev–Trinajstić information content (AvgIpc) is 3.09. The molecule has 0 aromatic heterocycles. The number of thioether (sulfide) groups is 1. The van der Waals surface area contributed by atoms with Gasteiger partial charge in [-0.1, -0.05) is 48.5 Å². The number of halogens is 3. The van der Waals surface area contributed by atoms with Gasteiger partial charge in [-0.25, -0.2) is 0 Å². The van der Waals surface area contributed by atoms with Crippen LogP contribution in [-0.2, 0) is 11.4 Å². The second-order valence-electron chi connectivity index (χ2n) is 8.60. The molecule has 186 valence electrons. The van der Waals surface area contributed by atoms with Gasteiger partial charge in [0.2, 0.25) is 0 Å². The summed E-state index contributed by atoms with van der Waals surface area (Å²) in [5.41, 5.74) is 1.61. The van der Waals surface area contributed by atoms with E-state index >= 15 is 0 Å². The zero-order valence-electron chi connectivity index (χ0n) is 19.3. The lowest BCUT2D eigenvalue weighted by molar-refractivity contribution is -0.123. The summed E-state index contributed by atoms with van der Waals surface area (Å²) in [6.45, 7) is 3.11. The van der Waals surface area contributed by atoms with Crippen LogP contribution in [-0.4, -0.2) is 29.2 Å². The molecule has 0 atom stereocenters. The minimum Gasteiger partial charge on any atom is -0.490 e. The van der Waals surface area contributed by atoms with Crippen molar-refractivity contribution in [2.24, 2.45) is 5.92 Å². The van der Waals surface area contributed by atoms with E-state index in [1.165, 1.54) is 24.2 Å². The van der Waals surface area contributed by atoms with Crippen LogP contribution in [0.5, 0.6) is 11.5 Å². The number of hydrogen-bond acceptors (Lipinski definition) is 5. The quantitative estimate of drug-likeness (QED) is 0.286. The molecule has 9 heteroatoms. The highest BCUT2D eigenvalue weighted by Crippen LogP contribution is 2.40. The van der Waals surface area contributed by atoms with Crippen LogP contribution in [0.2, 0.25) is 10.0 Å². The summed E-state index contributed by atoms with van der Waals surface area (Å²) in [7, 11) is 0. The third kappa shape index (κ3) is 6.56. The largest absolute Gasteiger partial charge is 0.490 e. The summed E-state index contributed by atoms with van der Waals surface area (Å²) >= 11 is 16.7. The Bertz CT molecular complexity index is 1150. The molecule has 1 aliphatic heterocycles. The molecule has 1 saturated carbocycles. The molecule has 2 aromatic carbocycles.